The highest BCUT2D eigenvalue weighted by atomic mass is 14.6. The molecule has 1 saturated carbocycles. The maximum atomic E-state index is 5.64. The SMILES string of the molecule is CC(C)(C)C1CCC(CN)C1. The average molecular weight is 155 g/mol. The molecule has 0 aliphatic heterocycles. The predicted molar refractivity (Wildman–Crippen MR) is 49.3 cm³/mol. The number of nitrogens with two attached hydrogens (primary N) is 1. The molecule has 0 saturated heterocycles. The molecule has 11 heavy (non-hydrogen) atoms. The molecule has 2 atom stereocenters. The van der Waals surface area contributed by atoms with Crippen molar-refractivity contribution < 1.29 is 0 Å². The smallest absolute Gasteiger partial charge is 0.00488 e. The Morgan fingerprint density at radius 2 is 1.91 bits per heavy atom. The molecule has 0 aromatic rings. The van der Waals surface area contributed by atoms with Gasteiger partial charge in [0.25, 0.3) is 0 Å². The third kappa shape index (κ3) is 2.19. The topological polar surface area (TPSA) is 26.0 Å². The van der Waals surface area contributed by atoms with E-state index in [0.29, 0.717) is 5.41 Å². The van der Waals surface area contributed by atoms with E-state index in [1.54, 1.807) is 0 Å². The fourth-order valence-corrected chi connectivity index (χ4v) is 2.08. The van der Waals surface area contributed by atoms with Crippen LogP contribution >= 0.6 is 0 Å². The van der Waals surface area contributed by atoms with Gasteiger partial charge in [-0.1, -0.05) is 20.8 Å². The van der Waals surface area contributed by atoms with Crippen LogP contribution < -0.4 is 5.73 Å². The summed E-state index contributed by atoms with van der Waals surface area (Å²) < 4.78 is 0. The summed E-state index contributed by atoms with van der Waals surface area (Å²) in [5, 5.41) is 0. The Morgan fingerprint density at radius 1 is 1.27 bits per heavy atom. The summed E-state index contributed by atoms with van der Waals surface area (Å²) in [6, 6.07) is 0. The summed E-state index contributed by atoms with van der Waals surface area (Å²) >= 11 is 0. The minimum absolute atomic E-state index is 0.504. The van der Waals surface area contributed by atoms with Crippen LogP contribution in [0.4, 0.5) is 0 Å². The third-order valence-corrected chi connectivity index (χ3v) is 3.10. The largest absolute Gasteiger partial charge is 0.330 e. The van der Waals surface area contributed by atoms with Gasteiger partial charge in [0.05, 0.1) is 0 Å². The molecule has 0 bridgehead atoms. The second kappa shape index (κ2) is 3.14. The van der Waals surface area contributed by atoms with Crippen LogP contribution in [-0.4, -0.2) is 6.54 Å². The Balaban J connectivity index is 2.42. The molecule has 1 aliphatic carbocycles. The number of hydrogen-bond donors (Lipinski definition) is 1. The van der Waals surface area contributed by atoms with Crippen molar-refractivity contribution in [3.8, 4) is 0 Å². The molecule has 1 heteroatoms. The summed E-state index contributed by atoms with van der Waals surface area (Å²) in [6.45, 7) is 7.93. The van der Waals surface area contributed by atoms with E-state index >= 15 is 0 Å². The van der Waals surface area contributed by atoms with Crippen LogP contribution in [0.3, 0.4) is 0 Å². The first kappa shape index (κ1) is 9.05. The highest BCUT2D eigenvalue weighted by molar-refractivity contribution is 4.83. The first-order chi connectivity index (χ1) is 5.04. The molecule has 1 rings (SSSR count). The minimum atomic E-state index is 0.504. The van der Waals surface area contributed by atoms with Crippen LogP contribution in [0.2, 0.25) is 0 Å². The number of hydrogen-bond acceptors (Lipinski definition) is 1. The minimum Gasteiger partial charge on any atom is -0.330 e. The van der Waals surface area contributed by atoms with Crippen molar-refractivity contribution in [2.24, 2.45) is 23.0 Å². The van der Waals surface area contributed by atoms with Gasteiger partial charge >= 0.3 is 0 Å². The molecule has 2 unspecified atom stereocenters. The quantitative estimate of drug-likeness (QED) is 0.618. The standard InChI is InChI=1S/C10H21N/c1-10(2,3)9-5-4-8(6-9)7-11/h8-9H,4-7,11H2,1-3H3. The van der Waals surface area contributed by atoms with Crippen molar-refractivity contribution in [3.05, 3.63) is 0 Å². The van der Waals surface area contributed by atoms with Crippen molar-refractivity contribution >= 4 is 0 Å². The lowest BCUT2D eigenvalue weighted by atomic mass is 9.79. The third-order valence-electron chi connectivity index (χ3n) is 3.10. The Labute approximate surface area is 70.4 Å². The summed E-state index contributed by atoms with van der Waals surface area (Å²) in [5.41, 5.74) is 6.14. The van der Waals surface area contributed by atoms with Crippen LogP contribution in [-0.2, 0) is 0 Å². The van der Waals surface area contributed by atoms with Gasteiger partial charge < -0.3 is 5.73 Å². The molecule has 0 radical (unpaired) electrons. The predicted octanol–water partition coefficient (Wildman–Crippen LogP) is 2.41. The van der Waals surface area contributed by atoms with E-state index in [2.05, 4.69) is 20.8 Å². The van der Waals surface area contributed by atoms with E-state index in [9.17, 15) is 0 Å². The molecule has 0 spiro atoms. The highest BCUT2D eigenvalue weighted by Crippen LogP contribution is 2.41. The van der Waals surface area contributed by atoms with Crippen molar-refractivity contribution in [2.45, 2.75) is 40.0 Å². The average Bonchev–Trinajstić information content (AvgIpc) is 2.32. The maximum absolute atomic E-state index is 5.64. The summed E-state index contributed by atoms with van der Waals surface area (Å²) in [5.74, 6) is 1.73. The lowest BCUT2D eigenvalue weighted by molar-refractivity contribution is 0.239. The molecular formula is C10H21N. The van der Waals surface area contributed by atoms with E-state index in [0.717, 1.165) is 18.4 Å². The molecule has 1 fully saturated rings. The Bertz CT molecular complexity index is 123. The number of rotatable bonds is 1. The summed E-state index contributed by atoms with van der Waals surface area (Å²) in [6.07, 6.45) is 4.11. The van der Waals surface area contributed by atoms with Gasteiger partial charge in [-0.25, -0.2) is 0 Å². The monoisotopic (exact) mass is 155 g/mol. The lowest BCUT2D eigenvalue weighted by Crippen LogP contribution is -2.19. The second-order valence-corrected chi connectivity index (χ2v) is 4.98. The summed E-state index contributed by atoms with van der Waals surface area (Å²) in [4.78, 5) is 0. The van der Waals surface area contributed by atoms with E-state index < -0.39 is 0 Å². The molecule has 1 nitrogen and oxygen atoms in total. The van der Waals surface area contributed by atoms with Crippen molar-refractivity contribution in [1.29, 1.82) is 0 Å². The van der Waals surface area contributed by atoms with Gasteiger partial charge in [0.2, 0.25) is 0 Å². The zero-order valence-electron chi connectivity index (χ0n) is 8.06. The van der Waals surface area contributed by atoms with Gasteiger partial charge in [-0.2, -0.15) is 0 Å². The molecule has 1 aliphatic rings. The van der Waals surface area contributed by atoms with Crippen molar-refractivity contribution in [3.63, 3.8) is 0 Å². The fourth-order valence-electron chi connectivity index (χ4n) is 2.08. The Kier molecular flexibility index (Phi) is 2.58. The molecule has 0 aromatic heterocycles. The zero-order chi connectivity index (χ0) is 8.48. The van der Waals surface area contributed by atoms with Crippen LogP contribution in [0.25, 0.3) is 0 Å². The van der Waals surface area contributed by atoms with Crippen LogP contribution in [0.15, 0.2) is 0 Å². The van der Waals surface area contributed by atoms with Gasteiger partial charge in [-0.3, -0.25) is 0 Å². The van der Waals surface area contributed by atoms with Crippen molar-refractivity contribution in [2.75, 3.05) is 6.54 Å². The van der Waals surface area contributed by atoms with E-state index in [1.165, 1.54) is 19.3 Å². The first-order valence-corrected chi connectivity index (χ1v) is 4.74. The van der Waals surface area contributed by atoms with E-state index in [1.807, 2.05) is 0 Å². The molecule has 0 amide bonds. The Morgan fingerprint density at radius 3 is 2.18 bits per heavy atom. The molecule has 2 N–H and O–H groups in total. The molecule has 66 valence electrons. The first-order valence-electron chi connectivity index (χ1n) is 4.74. The zero-order valence-corrected chi connectivity index (χ0v) is 8.06. The molecule has 0 heterocycles. The van der Waals surface area contributed by atoms with Gasteiger partial charge in [-0.05, 0) is 43.1 Å². The van der Waals surface area contributed by atoms with Crippen molar-refractivity contribution in [1.82, 2.24) is 0 Å². The normalized spacial score (nSPS) is 32.7. The van der Waals surface area contributed by atoms with Crippen LogP contribution in [0.5, 0.6) is 0 Å². The molecular weight excluding hydrogens is 134 g/mol. The summed E-state index contributed by atoms with van der Waals surface area (Å²) in [7, 11) is 0. The van der Waals surface area contributed by atoms with Gasteiger partial charge in [0, 0.05) is 0 Å². The van der Waals surface area contributed by atoms with Crippen LogP contribution in [0, 0.1) is 17.3 Å². The highest BCUT2D eigenvalue weighted by Gasteiger charge is 2.31. The second-order valence-electron chi connectivity index (χ2n) is 4.98. The maximum Gasteiger partial charge on any atom is -0.00488 e. The van der Waals surface area contributed by atoms with E-state index in [-0.39, 0.29) is 0 Å². The van der Waals surface area contributed by atoms with Gasteiger partial charge in [0.1, 0.15) is 0 Å². The Hall–Kier alpha value is -0.0400. The van der Waals surface area contributed by atoms with Gasteiger partial charge in [0.15, 0.2) is 0 Å². The molecule has 0 aromatic carbocycles. The van der Waals surface area contributed by atoms with Gasteiger partial charge in [-0.15, -0.1) is 0 Å². The van der Waals surface area contributed by atoms with E-state index in [4.69, 9.17) is 5.73 Å². The lowest BCUT2D eigenvalue weighted by Gasteiger charge is -2.26. The fraction of sp³-hybridized carbons (Fsp3) is 1.00. The van der Waals surface area contributed by atoms with Crippen LogP contribution in [0.1, 0.15) is 40.0 Å².